The van der Waals surface area contributed by atoms with Gasteiger partial charge in [0.2, 0.25) is 0 Å². The first-order chi connectivity index (χ1) is 13.7. The van der Waals surface area contributed by atoms with Crippen LogP contribution in [0.3, 0.4) is 0 Å². The maximum absolute atomic E-state index is 12.0. The summed E-state index contributed by atoms with van der Waals surface area (Å²) in [5.41, 5.74) is 1.77. The van der Waals surface area contributed by atoms with Crippen LogP contribution in [0.4, 0.5) is 5.69 Å². The first-order valence-electron chi connectivity index (χ1n) is 9.09. The molecular weight excluding hydrogens is 354 g/mol. The number of anilines is 1. The van der Waals surface area contributed by atoms with E-state index in [0.717, 1.165) is 11.3 Å². The zero-order valence-electron chi connectivity index (χ0n) is 15.8. The number of carbonyl (C=O) groups excluding carboxylic acids is 1. The van der Waals surface area contributed by atoms with Crippen molar-refractivity contribution in [1.82, 2.24) is 0 Å². The van der Waals surface area contributed by atoms with Gasteiger partial charge in [0.25, 0.3) is 5.91 Å². The van der Waals surface area contributed by atoms with Gasteiger partial charge in [-0.15, -0.1) is 0 Å². The second-order valence-corrected chi connectivity index (χ2v) is 6.19. The first kappa shape index (κ1) is 19.3. The molecule has 0 aliphatic carbocycles. The van der Waals surface area contributed by atoms with E-state index in [0.29, 0.717) is 30.4 Å². The van der Waals surface area contributed by atoms with Crippen LogP contribution in [0.2, 0.25) is 0 Å². The fourth-order valence-corrected chi connectivity index (χ4v) is 2.52. The minimum Gasteiger partial charge on any atom is -0.490 e. The molecule has 0 bridgehead atoms. The van der Waals surface area contributed by atoms with Crippen molar-refractivity contribution >= 4 is 11.6 Å². The number of aryl methyl sites for hydroxylation is 1. The van der Waals surface area contributed by atoms with Gasteiger partial charge in [-0.3, -0.25) is 4.79 Å². The molecule has 0 unspecified atom stereocenters. The van der Waals surface area contributed by atoms with Gasteiger partial charge in [-0.25, -0.2) is 0 Å². The van der Waals surface area contributed by atoms with E-state index < -0.39 is 0 Å². The summed E-state index contributed by atoms with van der Waals surface area (Å²) in [5.74, 6) is 1.99. The van der Waals surface area contributed by atoms with Crippen LogP contribution in [0.25, 0.3) is 0 Å². The Morgan fingerprint density at radius 3 is 2.07 bits per heavy atom. The van der Waals surface area contributed by atoms with Crippen molar-refractivity contribution in [2.24, 2.45) is 0 Å². The van der Waals surface area contributed by atoms with Crippen molar-refractivity contribution in [3.63, 3.8) is 0 Å². The Morgan fingerprint density at radius 1 is 0.750 bits per heavy atom. The molecule has 0 atom stereocenters. The molecule has 0 heterocycles. The lowest BCUT2D eigenvalue weighted by atomic mass is 10.2. The van der Waals surface area contributed by atoms with Crippen LogP contribution in [-0.2, 0) is 4.79 Å². The SMILES string of the molecule is Cc1cccc(OCC(=O)Nc2ccc(OCCOc3ccccc3)cc2)c1. The zero-order valence-corrected chi connectivity index (χ0v) is 15.8. The number of ether oxygens (including phenoxy) is 3. The smallest absolute Gasteiger partial charge is 0.262 e. The Balaban J connectivity index is 1.38. The number of carbonyl (C=O) groups is 1. The lowest BCUT2D eigenvalue weighted by molar-refractivity contribution is -0.118. The topological polar surface area (TPSA) is 56.8 Å². The first-order valence-corrected chi connectivity index (χ1v) is 9.09. The normalized spacial score (nSPS) is 10.2. The standard InChI is InChI=1S/C23H23NO4/c1-18-6-5-9-22(16-18)28-17-23(25)24-19-10-12-21(13-11-19)27-15-14-26-20-7-3-2-4-8-20/h2-13,16H,14-15,17H2,1H3,(H,24,25). The summed E-state index contributed by atoms with van der Waals surface area (Å²) >= 11 is 0. The van der Waals surface area contributed by atoms with Gasteiger partial charge in [-0.05, 0) is 61.0 Å². The predicted octanol–water partition coefficient (Wildman–Crippen LogP) is 4.47. The second-order valence-electron chi connectivity index (χ2n) is 6.19. The van der Waals surface area contributed by atoms with E-state index in [4.69, 9.17) is 14.2 Å². The molecule has 28 heavy (non-hydrogen) atoms. The monoisotopic (exact) mass is 377 g/mol. The van der Waals surface area contributed by atoms with Crippen molar-refractivity contribution in [3.05, 3.63) is 84.4 Å². The van der Waals surface area contributed by atoms with Gasteiger partial charge >= 0.3 is 0 Å². The van der Waals surface area contributed by atoms with Crippen molar-refractivity contribution in [3.8, 4) is 17.2 Å². The van der Waals surface area contributed by atoms with E-state index in [1.54, 1.807) is 24.3 Å². The summed E-state index contributed by atoms with van der Waals surface area (Å²) in [7, 11) is 0. The van der Waals surface area contributed by atoms with Crippen LogP contribution in [0.1, 0.15) is 5.56 Å². The molecule has 0 aliphatic rings. The van der Waals surface area contributed by atoms with Crippen molar-refractivity contribution in [2.45, 2.75) is 6.92 Å². The van der Waals surface area contributed by atoms with Crippen LogP contribution in [-0.4, -0.2) is 25.7 Å². The highest BCUT2D eigenvalue weighted by Crippen LogP contribution is 2.16. The number of nitrogens with one attached hydrogen (secondary N) is 1. The maximum Gasteiger partial charge on any atom is 0.262 e. The molecule has 1 N–H and O–H groups in total. The highest BCUT2D eigenvalue weighted by Gasteiger charge is 2.04. The van der Waals surface area contributed by atoms with E-state index in [1.807, 2.05) is 61.5 Å². The van der Waals surface area contributed by atoms with Crippen molar-refractivity contribution in [2.75, 3.05) is 25.1 Å². The summed E-state index contributed by atoms with van der Waals surface area (Å²) in [6.07, 6.45) is 0. The highest BCUT2D eigenvalue weighted by atomic mass is 16.5. The minimum atomic E-state index is -0.216. The summed E-state index contributed by atoms with van der Waals surface area (Å²) in [5, 5.41) is 2.80. The van der Waals surface area contributed by atoms with Crippen LogP contribution >= 0.6 is 0 Å². The quantitative estimate of drug-likeness (QED) is 0.559. The average molecular weight is 377 g/mol. The minimum absolute atomic E-state index is 0.0431. The molecule has 0 spiro atoms. The number of benzene rings is 3. The van der Waals surface area contributed by atoms with Gasteiger partial charge in [0, 0.05) is 5.69 Å². The van der Waals surface area contributed by atoms with Crippen LogP contribution in [0.15, 0.2) is 78.9 Å². The zero-order chi connectivity index (χ0) is 19.6. The molecule has 0 saturated heterocycles. The third-order valence-electron chi connectivity index (χ3n) is 3.86. The Bertz CT molecular complexity index is 879. The van der Waals surface area contributed by atoms with E-state index in [-0.39, 0.29) is 12.5 Å². The molecule has 3 aromatic carbocycles. The third-order valence-corrected chi connectivity index (χ3v) is 3.86. The summed E-state index contributed by atoms with van der Waals surface area (Å²) in [6.45, 7) is 2.83. The molecule has 0 aliphatic heterocycles. The van der Waals surface area contributed by atoms with Crippen molar-refractivity contribution < 1.29 is 19.0 Å². The summed E-state index contributed by atoms with van der Waals surface area (Å²) in [6, 6.07) is 24.4. The highest BCUT2D eigenvalue weighted by molar-refractivity contribution is 5.91. The van der Waals surface area contributed by atoms with E-state index in [2.05, 4.69) is 5.32 Å². The van der Waals surface area contributed by atoms with E-state index in [1.165, 1.54) is 0 Å². The predicted molar refractivity (Wildman–Crippen MR) is 109 cm³/mol. The Hall–Kier alpha value is -3.47. The number of hydrogen-bond acceptors (Lipinski definition) is 4. The molecule has 144 valence electrons. The lowest BCUT2D eigenvalue weighted by Crippen LogP contribution is -2.20. The van der Waals surface area contributed by atoms with Gasteiger partial charge in [0.15, 0.2) is 6.61 Å². The molecule has 0 radical (unpaired) electrons. The molecule has 0 saturated carbocycles. The molecule has 3 aromatic rings. The van der Waals surface area contributed by atoms with Gasteiger partial charge in [0.1, 0.15) is 30.5 Å². The molecule has 3 rings (SSSR count). The molecule has 0 aromatic heterocycles. The van der Waals surface area contributed by atoms with E-state index in [9.17, 15) is 4.79 Å². The maximum atomic E-state index is 12.0. The Morgan fingerprint density at radius 2 is 1.39 bits per heavy atom. The lowest BCUT2D eigenvalue weighted by Gasteiger charge is -2.10. The fraction of sp³-hybridized carbons (Fsp3) is 0.174. The van der Waals surface area contributed by atoms with Gasteiger partial charge in [-0.1, -0.05) is 30.3 Å². The van der Waals surface area contributed by atoms with Crippen LogP contribution in [0, 0.1) is 6.92 Å². The van der Waals surface area contributed by atoms with Crippen LogP contribution < -0.4 is 19.5 Å². The molecule has 5 nitrogen and oxygen atoms in total. The van der Waals surface area contributed by atoms with Gasteiger partial charge < -0.3 is 19.5 Å². The Kier molecular flexibility index (Phi) is 6.90. The number of rotatable bonds is 9. The van der Waals surface area contributed by atoms with Gasteiger partial charge in [0.05, 0.1) is 0 Å². The second kappa shape index (κ2) is 10.0. The third kappa shape index (κ3) is 6.36. The molecule has 5 heteroatoms. The molecular formula is C23H23NO4. The summed E-state index contributed by atoms with van der Waals surface area (Å²) < 4.78 is 16.7. The van der Waals surface area contributed by atoms with Crippen molar-refractivity contribution in [1.29, 1.82) is 0 Å². The Labute approximate surface area is 164 Å². The van der Waals surface area contributed by atoms with Crippen LogP contribution in [0.5, 0.6) is 17.2 Å². The van der Waals surface area contributed by atoms with E-state index >= 15 is 0 Å². The fourth-order valence-electron chi connectivity index (χ4n) is 2.52. The summed E-state index contributed by atoms with van der Waals surface area (Å²) in [4.78, 5) is 12.0. The average Bonchev–Trinajstić information content (AvgIpc) is 2.72. The number of para-hydroxylation sites is 1. The molecule has 0 fully saturated rings. The largest absolute Gasteiger partial charge is 0.490 e. The molecule has 1 amide bonds. The number of hydrogen-bond donors (Lipinski definition) is 1. The number of amides is 1. The van der Waals surface area contributed by atoms with Gasteiger partial charge in [-0.2, -0.15) is 0 Å².